The number of aromatic amines is 1. The van der Waals surface area contributed by atoms with Crippen LogP contribution >= 0.6 is 27.5 Å². The molecule has 0 unspecified atom stereocenters. The molecule has 0 atom stereocenters. The zero-order valence-electron chi connectivity index (χ0n) is 6.84. The number of aromatic hydroxyl groups is 1. The Labute approximate surface area is 92.5 Å². The van der Waals surface area contributed by atoms with Gasteiger partial charge in [0.05, 0.1) is 5.52 Å². The number of rotatable bonds is 0. The van der Waals surface area contributed by atoms with E-state index in [0.717, 1.165) is 4.47 Å². The highest BCUT2D eigenvalue weighted by Crippen LogP contribution is 2.29. The summed E-state index contributed by atoms with van der Waals surface area (Å²) < 4.78 is 0.809. The molecule has 1 aromatic carbocycles. The van der Waals surface area contributed by atoms with Crippen molar-refractivity contribution in [2.75, 3.05) is 0 Å². The van der Waals surface area contributed by atoms with E-state index in [9.17, 15) is 9.90 Å². The van der Waals surface area contributed by atoms with Crippen molar-refractivity contribution in [2.45, 2.75) is 0 Å². The molecular weight excluding hydrogens is 269 g/mol. The maximum absolute atomic E-state index is 11.2. The van der Waals surface area contributed by atoms with Crippen LogP contribution in [0.4, 0.5) is 0 Å². The predicted octanol–water partition coefficient (Wildman–Crippen LogP) is 2.65. The molecule has 3 nitrogen and oxygen atoms in total. The largest absolute Gasteiger partial charge is 0.505 e. The van der Waals surface area contributed by atoms with Gasteiger partial charge in [-0.3, -0.25) is 4.79 Å². The average Bonchev–Trinajstić information content (AvgIpc) is 2.16. The minimum Gasteiger partial charge on any atom is -0.505 e. The van der Waals surface area contributed by atoms with Crippen LogP contribution in [0.2, 0.25) is 5.02 Å². The third kappa shape index (κ3) is 1.40. The fourth-order valence-corrected chi connectivity index (χ4v) is 1.73. The Balaban J connectivity index is 2.99. The van der Waals surface area contributed by atoms with E-state index in [2.05, 4.69) is 20.9 Å². The molecule has 2 aromatic rings. The summed E-state index contributed by atoms with van der Waals surface area (Å²) in [5.41, 5.74) is 0.0686. The summed E-state index contributed by atoms with van der Waals surface area (Å²) >= 11 is 8.86. The molecule has 0 spiro atoms. The van der Waals surface area contributed by atoms with E-state index in [1.165, 1.54) is 0 Å². The second-order valence-corrected chi connectivity index (χ2v) is 4.10. The van der Waals surface area contributed by atoms with E-state index in [1.54, 1.807) is 18.2 Å². The van der Waals surface area contributed by atoms with Crippen molar-refractivity contribution in [3.63, 3.8) is 0 Å². The number of benzene rings is 1. The number of H-pyrrole nitrogens is 1. The van der Waals surface area contributed by atoms with Crippen LogP contribution in [0.5, 0.6) is 5.75 Å². The van der Waals surface area contributed by atoms with Gasteiger partial charge in [-0.15, -0.1) is 0 Å². The Morgan fingerprint density at radius 1 is 1.43 bits per heavy atom. The number of halogens is 2. The number of pyridine rings is 1. The molecule has 0 bridgehead atoms. The highest BCUT2D eigenvalue weighted by atomic mass is 79.9. The number of aromatic nitrogens is 1. The second-order valence-electron chi connectivity index (χ2n) is 2.81. The van der Waals surface area contributed by atoms with E-state index in [0.29, 0.717) is 10.9 Å². The molecule has 72 valence electrons. The molecule has 0 aliphatic rings. The van der Waals surface area contributed by atoms with Gasteiger partial charge in [-0.1, -0.05) is 27.5 Å². The highest BCUT2D eigenvalue weighted by molar-refractivity contribution is 9.10. The first-order chi connectivity index (χ1) is 6.59. The lowest BCUT2D eigenvalue weighted by molar-refractivity contribution is 0.481. The SMILES string of the molecule is O=c1[nH]c2ccc(Br)cc2c(O)c1Cl. The summed E-state index contributed by atoms with van der Waals surface area (Å²) in [4.78, 5) is 13.7. The fraction of sp³-hybridized carbons (Fsp3) is 0. The number of fused-ring (bicyclic) bond motifs is 1. The van der Waals surface area contributed by atoms with Crippen molar-refractivity contribution in [1.82, 2.24) is 4.98 Å². The van der Waals surface area contributed by atoms with Gasteiger partial charge in [0.1, 0.15) is 10.8 Å². The molecule has 2 rings (SSSR count). The fourth-order valence-electron chi connectivity index (χ4n) is 1.22. The number of hydrogen-bond acceptors (Lipinski definition) is 2. The van der Waals surface area contributed by atoms with Gasteiger partial charge >= 0.3 is 0 Å². The molecule has 0 aliphatic carbocycles. The van der Waals surface area contributed by atoms with E-state index < -0.39 is 5.56 Å². The van der Waals surface area contributed by atoms with Gasteiger partial charge in [0.25, 0.3) is 5.56 Å². The molecule has 0 aliphatic heterocycles. The van der Waals surface area contributed by atoms with Crippen molar-refractivity contribution in [1.29, 1.82) is 0 Å². The van der Waals surface area contributed by atoms with Crippen LogP contribution in [-0.2, 0) is 0 Å². The van der Waals surface area contributed by atoms with Gasteiger partial charge < -0.3 is 10.1 Å². The van der Waals surface area contributed by atoms with Crippen LogP contribution in [0.3, 0.4) is 0 Å². The monoisotopic (exact) mass is 273 g/mol. The van der Waals surface area contributed by atoms with E-state index in [1.807, 2.05) is 0 Å². The molecule has 1 heterocycles. The summed E-state index contributed by atoms with van der Waals surface area (Å²) in [6, 6.07) is 5.15. The zero-order valence-corrected chi connectivity index (χ0v) is 9.19. The van der Waals surface area contributed by atoms with Crippen molar-refractivity contribution < 1.29 is 5.11 Å². The zero-order chi connectivity index (χ0) is 10.3. The summed E-state index contributed by atoms with van der Waals surface area (Å²) in [6.45, 7) is 0. The molecule has 0 radical (unpaired) electrons. The number of nitrogens with one attached hydrogen (secondary N) is 1. The van der Waals surface area contributed by atoms with Gasteiger partial charge in [-0.05, 0) is 18.2 Å². The molecule has 1 aromatic heterocycles. The second kappa shape index (κ2) is 3.29. The van der Waals surface area contributed by atoms with Gasteiger partial charge in [-0.25, -0.2) is 0 Å². The molecule has 0 saturated heterocycles. The Hall–Kier alpha value is -1.00. The van der Waals surface area contributed by atoms with Gasteiger partial charge in [0, 0.05) is 9.86 Å². The van der Waals surface area contributed by atoms with Crippen LogP contribution in [-0.4, -0.2) is 10.1 Å². The lowest BCUT2D eigenvalue weighted by atomic mass is 10.2. The van der Waals surface area contributed by atoms with Crippen LogP contribution in [0.15, 0.2) is 27.5 Å². The number of hydrogen-bond donors (Lipinski definition) is 2. The van der Waals surface area contributed by atoms with E-state index in [4.69, 9.17) is 11.6 Å². The molecule has 2 N–H and O–H groups in total. The van der Waals surface area contributed by atoms with E-state index >= 15 is 0 Å². The topological polar surface area (TPSA) is 53.1 Å². The lowest BCUT2D eigenvalue weighted by Crippen LogP contribution is -2.05. The maximum Gasteiger partial charge on any atom is 0.271 e. The highest BCUT2D eigenvalue weighted by Gasteiger charge is 2.09. The first-order valence-electron chi connectivity index (χ1n) is 3.79. The van der Waals surface area contributed by atoms with Crippen molar-refractivity contribution in [2.24, 2.45) is 0 Å². The van der Waals surface area contributed by atoms with Gasteiger partial charge in [0.15, 0.2) is 0 Å². The summed E-state index contributed by atoms with van der Waals surface area (Å²) in [6.07, 6.45) is 0. The normalized spacial score (nSPS) is 10.7. The van der Waals surface area contributed by atoms with Crippen molar-refractivity contribution in [3.8, 4) is 5.75 Å². The Bertz CT molecular complexity index is 564. The molecular formula is C9H5BrClNO2. The van der Waals surface area contributed by atoms with E-state index in [-0.39, 0.29) is 10.8 Å². The molecule has 0 fully saturated rings. The first-order valence-corrected chi connectivity index (χ1v) is 4.96. The van der Waals surface area contributed by atoms with Crippen molar-refractivity contribution >= 4 is 38.4 Å². The lowest BCUT2D eigenvalue weighted by Gasteiger charge is -2.02. The standard InChI is InChI=1S/C9H5BrClNO2/c10-4-1-2-6-5(3-4)8(13)7(11)9(14)12-6/h1-3H,(H2,12,13,14). The summed E-state index contributed by atoms with van der Waals surface area (Å²) in [5.74, 6) is -0.188. The Morgan fingerprint density at radius 2 is 2.14 bits per heavy atom. The third-order valence-corrected chi connectivity index (χ3v) is 2.74. The summed E-state index contributed by atoms with van der Waals surface area (Å²) in [7, 11) is 0. The molecule has 5 heteroatoms. The molecule has 14 heavy (non-hydrogen) atoms. The molecule has 0 amide bonds. The Morgan fingerprint density at radius 3 is 2.86 bits per heavy atom. The van der Waals surface area contributed by atoms with Crippen LogP contribution in [0.1, 0.15) is 0 Å². The van der Waals surface area contributed by atoms with Crippen LogP contribution in [0.25, 0.3) is 10.9 Å². The minimum absolute atomic E-state index is 0.185. The Kier molecular flexibility index (Phi) is 2.25. The quantitative estimate of drug-likeness (QED) is 0.776. The third-order valence-electron chi connectivity index (χ3n) is 1.89. The smallest absolute Gasteiger partial charge is 0.271 e. The average molecular weight is 275 g/mol. The van der Waals surface area contributed by atoms with Gasteiger partial charge in [-0.2, -0.15) is 0 Å². The maximum atomic E-state index is 11.2. The van der Waals surface area contributed by atoms with Crippen LogP contribution < -0.4 is 5.56 Å². The van der Waals surface area contributed by atoms with Gasteiger partial charge in [0.2, 0.25) is 0 Å². The summed E-state index contributed by atoms with van der Waals surface area (Å²) in [5, 5.41) is 9.92. The predicted molar refractivity (Wildman–Crippen MR) is 58.9 cm³/mol. The molecule has 0 saturated carbocycles. The first kappa shape index (κ1) is 9.55. The minimum atomic E-state index is -0.487. The van der Waals surface area contributed by atoms with Crippen molar-refractivity contribution in [3.05, 3.63) is 38.0 Å². The van der Waals surface area contributed by atoms with Crippen LogP contribution in [0, 0.1) is 0 Å².